The molecular formula is C19H18BrNO3. The zero-order valence-corrected chi connectivity index (χ0v) is 14.7. The lowest BCUT2D eigenvalue weighted by Gasteiger charge is -2.23. The van der Waals surface area contributed by atoms with E-state index in [1.165, 1.54) is 6.07 Å². The summed E-state index contributed by atoms with van der Waals surface area (Å²) in [7, 11) is 0. The Kier molecular flexibility index (Phi) is 5.00. The first-order valence-electron chi connectivity index (χ1n) is 7.89. The normalized spacial score (nSPS) is 13.5. The molecule has 0 aliphatic heterocycles. The summed E-state index contributed by atoms with van der Waals surface area (Å²) in [6.07, 6.45) is 2.30. The lowest BCUT2D eigenvalue weighted by molar-refractivity contribution is -0.131. The van der Waals surface area contributed by atoms with Crippen LogP contribution in [0.5, 0.6) is 0 Å². The number of halogens is 1. The molecule has 1 N–H and O–H groups in total. The lowest BCUT2D eigenvalue weighted by Crippen LogP contribution is -2.33. The number of carbonyl (C=O) groups excluding carboxylic acids is 1. The standard InChI is InChI=1S/C19H18BrNO3/c20-16-6-2-4-14(10-16)12-21(17-7-8-17)18(22)11-13-3-1-5-15(9-13)19(23)24/h1-6,9-10,17H,7-8,11-12H2,(H,23,24). The highest BCUT2D eigenvalue weighted by Crippen LogP contribution is 2.29. The van der Waals surface area contributed by atoms with Gasteiger partial charge in [0, 0.05) is 17.1 Å². The Morgan fingerprint density at radius 1 is 1.08 bits per heavy atom. The summed E-state index contributed by atoms with van der Waals surface area (Å²) in [5.41, 5.74) is 2.04. The maximum Gasteiger partial charge on any atom is 0.335 e. The maximum absolute atomic E-state index is 12.7. The first-order chi connectivity index (χ1) is 11.5. The third kappa shape index (κ3) is 4.23. The molecule has 0 saturated heterocycles. The Hall–Kier alpha value is -2.14. The summed E-state index contributed by atoms with van der Waals surface area (Å²) in [6.45, 7) is 0.585. The molecule has 1 fully saturated rings. The first-order valence-corrected chi connectivity index (χ1v) is 8.68. The lowest BCUT2D eigenvalue weighted by atomic mass is 10.1. The second-order valence-corrected chi connectivity index (χ2v) is 6.98. The van der Waals surface area contributed by atoms with Gasteiger partial charge >= 0.3 is 5.97 Å². The number of carboxylic acids is 1. The molecule has 1 saturated carbocycles. The van der Waals surface area contributed by atoms with Crippen molar-refractivity contribution in [1.29, 1.82) is 0 Å². The third-order valence-corrected chi connectivity index (χ3v) is 4.57. The number of rotatable bonds is 6. The summed E-state index contributed by atoms with van der Waals surface area (Å²) in [5.74, 6) is -0.933. The van der Waals surface area contributed by atoms with Gasteiger partial charge in [-0.1, -0.05) is 40.2 Å². The number of aromatic carboxylic acids is 1. The highest BCUT2D eigenvalue weighted by atomic mass is 79.9. The number of benzene rings is 2. The van der Waals surface area contributed by atoms with Gasteiger partial charge < -0.3 is 10.0 Å². The van der Waals surface area contributed by atoms with Gasteiger partial charge in [-0.15, -0.1) is 0 Å². The zero-order valence-electron chi connectivity index (χ0n) is 13.1. The van der Waals surface area contributed by atoms with Gasteiger partial charge in [-0.25, -0.2) is 4.79 Å². The molecule has 24 heavy (non-hydrogen) atoms. The van der Waals surface area contributed by atoms with Gasteiger partial charge in [0.05, 0.1) is 12.0 Å². The van der Waals surface area contributed by atoms with Gasteiger partial charge in [0.2, 0.25) is 5.91 Å². The predicted octanol–water partition coefficient (Wildman–Crippen LogP) is 3.88. The minimum absolute atomic E-state index is 0.0417. The highest BCUT2D eigenvalue weighted by Gasteiger charge is 2.32. The third-order valence-electron chi connectivity index (χ3n) is 4.08. The molecule has 2 aromatic carbocycles. The summed E-state index contributed by atoms with van der Waals surface area (Å²) in [5, 5.41) is 9.07. The number of amides is 1. The van der Waals surface area contributed by atoms with Crippen molar-refractivity contribution in [3.8, 4) is 0 Å². The minimum Gasteiger partial charge on any atom is -0.478 e. The molecule has 0 atom stereocenters. The van der Waals surface area contributed by atoms with Gasteiger partial charge in [0.15, 0.2) is 0 Å². The Bertz CT molecular complexity index is 771. The van der Waals surface area contributed by atoms with E-state index in [1.54, 1.807) is 18.2 Å². The topological polar surface area (TPSA) is 57.6 Å². The molecule has 0 bridgehead atoms. The van der Waals surface area contributed by atoms with E-state index >= 15 is 0 Å². The second-order valence-electron chi connectivity index (χ2n) is 6.07. The van der Waals surface area contributed by atoms with E-state index in [2.05, 4.69) is 15.9 Å². The molecule has 1 aliphatic carbocycles. The predicted molar refractivity (Wildman–Crippen MR) is 94.8 cm³/mol. The molecule has 3 rings (SSSR count). The fourth-order valence-electron chi connectivity index (χ4n) is 2.73. The van der Waals surface area contributed by atoms with Crippen LogP contribution in [0, 0.1) is 0 Å². The number of nitrogens with zero attached hydrogens (tertiary/aromatic N) is 1. The largest absolute Gasteiger partial charge is 0.478 e. The van der Waals surface area contributed by atoms with Crippen molar-refractivity contribution in [3.63, 3.8) is 0 Å². The van der Waals surface area contributed by atoms with Crippen LogP contribution >= 0.6 is 15.9 Å². The molecule has 0 spiro atoms. The van der Waals surface area contributed by atoms with Gasteiger partial charge in [0.25, 0.3) is 0 Å². The van der Waals surface area contributed by atoms with Crippen molar-refractivity contribution < 1.29 is 14.7 Å². The van der Waals surface area contributed by atoms with E-state index in [1.807, 2.05) is 29.2 Å². The average Bonchev–Trinajstić information content (AvgIpc) is 3.37. The molecule has 5 heteroatoms. The van der Waals surface area contributed by atoms with Crippen molar-refractivity contribution in [1.82, 2.24) is 4.90 Å². The Morgan fingerprint density at radius 2 is 1.79 bits per heavy atom. The van der Waals surface area contributed by atoms with Crippen molar-refractivity contribution in [3.05, 3.63) is 69.7 Å². The van der Waals surface area contributed by atoms with Crippen LogP contribution in [0.3, 0.4) is 0 Å². The van der Waals surface area contributed by atoms with Crippen molar-refractivity contribution >= 4 is 27.8 Å². The molecule has 0 unspecified atom stereocenters. The van der Waals surface area contributed by atoms with Gasteiger partial charge in [-0.2, -0.15) is 0 Å². The summed E-state index contributed by atoms with van der Waals surface area (Å²) in [4.78, 5) is 25.7. The molecule has 2 aromatic rings. The second kappa shape index (κ2) is 7.18. The molecule has 0 heterocycles. The van der Waals surface area contributed by atoms with Crippen LogP contribution < -0.4 is 0 Å². The van der Waals surface area contributed by atoms with E-state index < -0.39 is 5.97 Å². The quantitative estimate of drug-likeness (QED) is 0.817. The minimum atomic E-state index is -0.975. The number of carboxylic acid groups (broad SMARTS) is 1. The van der Waals surface area contributed by atoms with E-state index in [9.17, 15) is 9.59 Å². The molecule has 1 amide bonds. The van der Waals surface area contributed by atoms with E-state index in [4.69, 9.17) is 5.11 Å². The number of hydrogen-bond acceptors (Lipinski definition) is 2. The van der Waals surface area contributed by atoms with Crippen LogP contribution in [0.15, 0.2) is 53.0 Å². The van der Waals surface area contributed by atoms with Crippen LogP contribution in [0.4, 0.5) is 0 Å². The van der Waals surface area contributed by atoms with Gasteiger partial charge in [-0.05, 0) is 48.2 Å². The fourth-order valence-corrected chi connectivity index (χ4v) is 3.18. The Labute approximate surface area is 149 Å². The highest BCUT2D eigenvalue weighted by molar-refractivity contribution is 9.10. The van der Waals surface area contributed by atoms with E-state index in [0.29, 0.717) is 12.6 Å². The maximum atomic E-state index is 12.7. The molecule has 1 aliphatic rings. The van der Waals surface area contributed by atoms with Crippen molar-refractivity contribution in [2.75, 3.05) is 0 Å². The molecule has 4 nitrogen and oxygen atoms in total. The molecule has 0 radical (unpaired) electrons. The summed E-state index contributed by atoms with van der Waals surface area (Å²) < 4.78 is 0.998. The monoisotopic (exact) mass is 387 g/mol. The van der Waals surface area contributed by atoms with Gasteiger partial charge in [-0.3, -0.25) is 4.79 Å². The molecule has 0 aromatic heterocycles. The smallest absolute Gasteiger partial charge is 0.335 e. The van der Waals surface area contributed by atoms with E-state index in [0.717, 1.165) is 28.4 Å². The summed E-state index contributed by atoms with van der Waals surface area (Å²) >= 11 is 3.46. The van der Waals surface area contributed by atoms with Gasteiger partial charge in [0.1, 0.15) is 0 Å². The van der Waals surface area contributed by atoms with Crippen molar-refractivity contribution in [2.45, 2.75) is 31.8 Å². The fraction of sp³-hybridized carbons (Fsp3) is 0.263. The van der Waals surface area contributed by atoms with Crippen LogP contribution in [-0.2, 0) is 17.8 Å². The number of carbonyl (C=O) groups is 2. The number of hydrogen-bond donors (Lipinski definition) is 1. The zero-order chi connectivity index (χ0) is 17.1. The first kappa shape index (κ1) is 16.7. The van der Waals surface area contributed by atoms with Crippen LogP contribution in [0.1, 0.15) is 34.3 Å². The summed E-state index contributed by atoms with van der Waals surface area (Å²) in [6, 6.07) is 14.9. The van der Waals surface area contributed by atoms with Crippen molar-refractivity contribution in [2.24, 2.45) is 0 Å². The van der Waals surface area contributed by atoms with Crippen LogP contribution in [-0.4, -0.2) is 27.9 Å². The van der Waals surface area contributed by atoms with E-state index in [-0.39, 0.29) is 17.9 Å². The average molecular weight is 388 g/mol. The van der Waals surface area contributed by atoms with Crippen LogP contribution in [0.2, 0.25) is 0 Å². The molecule has 124 valence electrons. The van der Waals surface area contributed by atoms with Crippen LogP contribution in [0.25, 0.3) is 0 Å². The Balaban J connectivity index is 1.73. The molecular weight excluding hydrogens is 370 g/mol. The Morgan fingerprint density at radius 3 is 2.46 bits per heavy atom. The SMILES string of the molecule is O=C(O)c1cccc(CC(=O)N(Cc2cccc(Br)c2)C2CC2)c1.